The average Bonchev–Trinajstić information content (AvgIpc) is 0.780. The van der Waals surface area contributed by atoms with Gasteiger partial charge >= 0.3 is 18.3 Å². The fraction of sp³-hybridized carbons (Fsp3) is 1.00. The molecule has 0 amide bonds. The van der Waals surface area contributed by atoms with E-state index in [2.05, 4.69) is 35.0 Å². The highest BCUT2D eigenvalue weighted by Crippen LogP contribution is 2.57. The summed E-state index contributed by atoms with van der Waals surface area (Å²) in [6, 6.07) is 0. The number of ether oxygens (including phenoxy) is 3. The van der Waals surface area contributed by atoms with Gasteiger partial charge in [0.05, 0.1) is 18.3 Å². The minimum atomic E-state index is -4.31. The third-order valence-corrected chi connectivity index (χ3v) is 30.6. The lowest BCUT2D eigenvalue weighted by Crippen LogP contribution is -2.52. The summed E-state index contributed by atoms with van der Waals surface area (Å²) in [5.74, 6) is -6.47. The summed E-state index contributed by atoms with van der Waals surface area (Å²) >= 11 is 0. The van der Waals surface area contributed by atoms with Crippen molar-refractivity contribution >= 4 is 0 Å². The summed E-state index contributed by atoms with van der Waals surface area (Å²) in [5.41, 5.74) is 0. The Balaban J connectivity index is -0.00000172. The number of unbranched alkanes of at least 4 members (excludes halogenated alkanes) is 3. The molecule has 0 aromatic carbocycles. The Morgan fingerprint density at radius 2 is 0.397 bits per heavy atom. The molecule has 21 atom stereocenters. The summed E-state index contributed by atoms with van der Waals surface area (Å²) < 4.78 is 361. The lowest BCUT2D eigenvalue weighted by molar-refractivity contribution is -0.324. The van der Waals surface area contributed by atoms with Gasteiger partial charge in [0, 0.05) is 38.5 Å². The summed E-state index contributed by atoms with van der Waals surface area (Å²) in [7, 11) is 0. The van der Waals surface area contributed by atoms with Crippen LogP contribution in [0.25, 0.3) is 0 Å². The summed E-state index contributed by atoms with van der Waals surface area (Å²) in [4.78, 5) is 0. The van der Waals surface area contributed by atoms with Crippen LogP contribution in [0, 0.1) is 107 Å². The van der Waals surface area contributed by atoms with Gasteiger partial charge in [0.2, 0.25) is 0 Å². The molecule has 0 bridgehead atoms. The molecule has 12 aliphatic rings. The fourth-order valence-corrected chi connectivity index (χ4v) is 24.2. The number of rotatable bonds is 24. The molecule has 0 radical (unpaired) electrons. The lowest BCUT2D eigenvalue weighted by Gasteiger charge is -2.45. The zero-order chi connectivity index (χ0) is 82.8. The Bertz CT molecular complexity index is 2740. The first-order chi connectivity index (χ1) is 54.0. The molecule has 0 saturated heterocycles. The fourth-order valence-electron chi connectivity index (χ4n) is 24.2. The van der Waals surface area contributed by atoms with E-state index >= 15 is 39.5 Å². The minimum Gasteiger partial charge on any atom is -0.412 e. The van der Waals surface area contributed by atoms with Crippen molar-refractivity contribution < 1.29 is 185 Å². The van der Waals surface area contributed by atoms with Crippen LogP contribution in [0.5, 0.6) is 0 Å². The van der Waals surface area contributed by atoms with Crippen LogP contribution in [-0.4, -0.2) is 213 Å². The number of hydrogen-bond acceptors (Lipinski definition) is 3. The van der Waals surface area contributed by atoms with Gasteiger partial charge in [0.15, 0.2) is 18.5 Å². The molecule has 24 N–H and O–H groups in total. The van der Waals surface area contributed by atoms with Gasteiger partial charge in [-0.25, -0.2) is 79.0 Å². The molecule has 12 saturated carbocycles. The maximum Gasteiger partial charge on any atom is 0.364 e. The van der Waals surface area contributed by atoms with E-state index in [1.54, 1.807) is 0 Å². The molecule has 126 heavy (non-hydrogen) atoms. The SMILES string of the molecule is CCCC1CCC(C2CCC(C3CC(F)C(C(F)(F)OC4CC(F)C(F)C(F)C4)C(F)C3)C(F)C2)CC1.CCCCC1CCC(C2CCC(C3CC(F)C(C(F)(F)OC4CC(F)C(F)C(F)C4)C(F)C3)C(F)C2)CC1.CCCCCC1CCC(C2CCC(C3CC(F)C(C(F)(F)OC4CC(F)C(F)C(F)C4)C(F)C3)C(F)C2)CC1.O.O.O.O.O.O.O.O.O.O.O.O. The van der Waals surface area contributed by atoms with E-state index in [-0.39, 0.29) is 83.5 Å². The van der Waals surface area contributed by atoms with Crippen molar-refractivity contribution in [2.24, 2.45) is 107 Å². The monoisotopic (exact) mass is 1900 g/mol. The van der Waals surface area contributed by atoms with Crippen molar-refractivity contribution in [2.45, 2.75) is 438 Å². The first-order valence-corrected chi connectivity index (χ1v) is 44.7. The Labute approximate surface area is 727 Å². The predicted octanol–water partition coefficient (Wildman–Crippen LogP) is 17.8. The van der Waals surface area contributed by atoms with Crippen LogP contribution in [0.15, 0.2) is 0 Å². The van der Waals surface area contributed by atoms with E-state index < -0.39 is 278 Å². The number of hydrogen-bond donors (Lipinski definition) is 0. The zero-order valence-electron chi connectivity index (χ0n) is 73.0. The third kappa shape index (κ3) is 33.0. The highest BCUT2D eigenvalue weighted by atomic mass is 19.3. The molecule has 15 nitrogen and oxygen atoms in total. The van der Waals surface area contributed by atoms with Crippen molar-refractivity contribution in [2.75, 3.05) is 0 Å². The Kier molecular flexibility index (Phi) is 58.4. The predicted molar refractivity (Wildman–Crippen MR) is 435 cm³/mol. The van der Waals surface area contributed by atoms with E-state index in [4.69, 9.17) is 0 Å². The van der Waals surface area contributed by atoms with Crippen LogP contribution in [-0.2, 0) is 14.2 Å². The first-order valence-electron chi connectivity index (χ1n) is 44.7. The maximum absolute atomic E-state index is 15.4. The number of alkyl halides is 24. The molecule has 21 unspecified atom stereocenters. The van der Waals surface area contributed by atoms with E-state index in [1.165, 1.54) is 96.3 Å². The van der Waals surface area contributed by atoms with Crippen molar-refractivity contribution in [1.82, 2.24) is 0 Å². The maximum atomic E-state index is 15.4. The molecule has 0 heterocycles. The second-order valence-corrected chi connectivity index (χ2v) is 38.1. The van der Waals surface area contributed by atoms with Gasteiger partial charge in [-0.15, -0.1) is 0 Å². The van der Waals surface area contributed by atoms with Crippen LogP contribution in [0.1, 0.15) is 290 Å². The van der Waals surface area contributed by atoms with Crippen molar-refractivity contribution in [3.8, 4) is 0 Å². The molecule has 12 fully saturated rings. The Morgan fingerprint density at radius 1 is 0.198 bits per heavy atom. The van der Waals surface area contributed by atoms with Crippen LogP contribution in [0.2, 0.25) is 0 Å². The van der Waals surface area contributed by atoms with Crippen molar-refractivity contribution in [3.05, 3.63) is 0 Å². The topological polar surface area (TPSA) is 406 Å². The first kappa shape index (κ1) is 128. The second kappa shape index (κ2) is 57.6. The van der Waals surface area contributed by atoms with Gasteiger partial charge in [-0.05, 0) is 224 Å². The van der Waals surface area contributed by atoms with Crippen molar-refractivity contribution in [1.29, 1.82) is 0 Å². The van der Waals surface area contributed by atoms with Gasteiger partial charge in [-0.2, -0.15) is 26.3 Å². The largest absolute Gasteiger partial charge is 0.412 e. The lowest BCUT2D eigenvalue weighted by atomic mass is 9.63. The zero-order valence-corrected chi connectivity index (χ0v) is 73.0. The average molecular weight is 1900 g/mol. The van der Waals surface area contributed by atoms with E-state index in [9.17, 15) is 65.9 Å². The smallest absolute Gasteiger partial charge is 0.364 e. The summed E-state index contributed by atoms with van der Waals surface area (Å²) in [6.07, 6.45) is -33.6. The summed E-state index contributed by atoms with van der Waals surface area (Å²) in [6.45, 7) is 6.58. The van der Waals surface area contributed by atoms with Gasteiger partial charge in [-0.1, -0.05) is 117 Å². The number of halogens is 24. The molecule has 0 aliphatic heterocycles. The van der Waals surface area contributed by atoms with Crippen LogP contribution in [0.3, 0.4) is 0 Å². The van der Waals surface area contributed by atoms with E-state index in [0.29, 0.717) is 56.3 Å². The highest BCUT2D eigenvalue weighted by molar-refractivity contribution is 5.03. The third-order valence-electron chi connectivity index (χ3n) is 30.6. The van der Waals surface area contributed by atoms with Gasteiger partial charge in [-0.3, -0.25) is 0 Å². The molecule has 762 valence electrons. The van der Waals surface area contributed by atoms with Crippen LogP contribution in [0.4, 0.5) is 105 Å². The second-order valence-electron chi connectivity index (χ2n) is 38.1. The van der Waals surface area contributed by atoms with E-state index in [0.717, 1.165) is 75.5 Å². The van der Waals surface area contributed by atoms with Crippen molar-refractivity contribution in [3.63, 3.8) is 0 Å². The minimum absolute atomic E-state index is 0. The Morgan fingerprint density at radius 3 is 0.603 bits per heavy atom. The van der Waals surface area contributed by atoms with Gasteiger partial charge in [0.1, 0.15) is 110 Å². The summed E-state index contributed by atoms with van der Waals surface area (Å²) in [5, 5.41) is 0. The van der Waals surface area contributed by atoms with Gasteiger partial charge in [0.25, 0.3) is 0 Å². The van der Waals surface area contributed by atoms with Crippen LogP contribution < -0.4 is 0 Å². The normalized spacial score (nSPS) is 42.6. The molecule has 39 heteroatoms. The molecule has 12 aliphatic carbocycles. The molecule has 12 rings (SSSR count). The molecular formula is C87H156F24O15. The van der Waals surface area contributed by atoms with E-state index in [1.807, 2.05) is 0 Å². The van der Waals surface area contributed by atoms with Crippen LogP contribution >= 0.6 is 0 Å². The molecule has 0 aromatic heterocycles. The molecule has 0 spiro atoms. The molecular weight excluding hydrogens is 1740 g/mol. The van der Waals surface area contributed by atoms with Gasteiger partial charge < -0.3 is 79.9 Å². The molecule has 0 aromatic rings. The standard InChI is InChI=1S/C30H46F8O.C29H44F8O.C28H42F8O.12H2O/c1-2-3-4-5-17-6-8-18(9-7-17)19-10-11-22(23(31)12-19)20-13-24(32)28(25(33)14-20)30(37,38)39-21-15-26(34)29(36)27(35)16-21;1-2-3-4-16-5-7-17(8-6-16)18-9-10-21(22(30)11-18)19-12-23(31)27(24(32)13-19)29(36,37)38-20-14-25(33)28(35)26(34)15-20;1-2-3-15-4-6-16(7-5-15)17-8-9-20(21(29)10-17)18-11-22(30)26(23(31)12-18)28(35,36)37-19-13-24(32)27(34)25(33)14-19;;;;;;;;;;;;/h17-29H,2-16H2,1H3;16-28H,2-15H2,1H3;15-27H,2-14H2,1H3;12*1H2. The highest BCUT2D eigenvalue weighted by Gasteiger charge is 2.62. The quantitative estimate of drug-likeness (QED) is 0.0672. The Hall–Kier alpha value is -2.28.